The van der Waals surface area contributed by atoms with Gasteiger partial charge in [-0.15, -0.1) is 0 Å². The molecule has 2 fully saturated rings. The van der Waals surface area contributed by atoms with Crippen LogP contribution in [0.2, 0.25) is 0 Å². The molecule has 0 aliphatic carbocycles. The van der Waals surface area contributed by atoms with Gasteiger partial charge in [-0.1, -0.05) is 0 Å². The number of amides is 1. The van der Waals surface area contributed by atoms with Crippen molar-refractivity contribution in [3.63, 3.8) is 0 Å². The van der Waals surface area contributed by atoms with E-state index in [0.29, 0.717) is 26.0 Å². The summed E-state index contributed by atoms with van der Waals surface area (Å²) in [5, 5.41) is 8.64. The van der Waals surface area contributed by atoms with Gasteiger partial charge in [-0.3, -0.25) is 9.59 Å². The molecule has 0 aromatic carbocycles. The minimum Gasteiger partial charge on any atom is -0.481 e. The van der Waals surface area contributed by atoms with E-state index in [1.807, 2.05) is 4.90 Å². The van der Waals surface area contributed by atoms with E-state index in [1.54, 1.807) is 0 Å². The third-order valence-electron chi connectivity index (χ3n) is 3.58. The van der Waals surface area contributed by atoms with Gasteiger partial charge in [0.2, 0.25) is 5.91 Å². The fourth-order valence-corrected chi connectivity index (χ4v) is 2.65. The molecule has 2 heterocycles. The van der Waals surface area contributed by atoms with Crippen LogP contribution < -0.4 is 0 Å². The van der Waals surface area contributed by atoms with Crippen molar-refractivity contribution in [2.75, 3.05) is 19.8 Å². The molecule has 2 rings (SSSR count). The van der Waals surface area contributed by atoms with Crippen LogP contribution in [0, 0.1) is 5.92 Å². The molecule has 17 heavy (non-hydrogen) atoms. The molecule has 0 spiro atoms. The summed E-state index contributed by atoms with van der Waals surface area (Å²) in [6.07, 6.45) is 3.29. The van der Waals surface area contributed by atoms with Crippen LogP contribution in [0.5, 0.6) is 0 Å². The first-order valence-corrected chi connectivity index (χ1v) is 6.26. The molecule has 0 aromatic rings. The number of carboxylic acids is 1. The predicted molar refractivity (Wildman–Crippen MR) is 60.5 cm³/mol. The van der Waals surface area contributed by atoms with Crippen molar-refractivity contribution in [1.82, 2.24) is 4.90 Å². The minimum atomic E-state index is -0.781. The summed E-state index contributed by atoms with van der Waals surface area (Å²) in [5.41, 5.74) is 0. The summed E-state index contributed by atoms with van der Waals surface area (Å²) in [6, 6.07) is 0.214. The molecule has 5 nitrogen and oxygen atoms in total. The zero-order chi connectivity index (χ0) is 12.3. The highest BCUT2D eigenvalue weighted by Crippen LogP contribution is 2.26. The van der Waals surface area contributed by atoms with Crippen molar-refractivity contribution in [1.29, 1.82) is 0 Å². The van der Waals surface area contributed by atoms with Crippen LogP contribution in [-0.4, -0.2) is 47.7 Å². The first kappa shape index (κ1) is 12.4. The second-order valence-electron chi connectivity index (χ2n) is 4.92. The fraction of sp³-hybridized carbons (Fsp3) is 0.833. The summed E-state index contributed by atoms with van der Waals surface area (Å²) in [6.45, 7) is 2.14. The van der Waals surface area contributed by atoms with Gasteiger partial charge in [-0.25, -0.2) is 0 Å². The normalized spacial score (nSPS) is 29.6. The number of hydrogen-bond donors (Lipinski definition) is 1. The highest BCUT2D eigenvalue weighted by atomic mass is 16.5. The number of carbonyl (C=O) groups is 2. The maximum Gasteiger partial charge on any atom is 0.303 e. The molecule has 1 amide bonds. The van der Waals surface area contributed by atoms with Crippen LogP contribution >= 0.6 is 0 Å². The highest BCUT2D eigenvalue weighted by molar-refractivity contribution is 5.79. The number of ether oxygens (including phenoxy) is 1. The Balaban J connectivity index is 1.83. The van der Waals surface area contributed by atoms with E-state index in [-0.39, 0.29) is 24.3 Å². The molecule has 0 aromatic heterocycles. The second-order valence-corrected chi connectivity index (χ2v) is 4.92. The Kier molecular flexibility index (Phi) is 3.99. The average molecular weight is 241 g/mol. The molecule has 2 atom stereocenters. The van der Waals surface area contributed by atoms with Crippen LogP contribution in [0.15, 0.2) is 0 Å². The molecule has 0 saturated carbocycles. The van der Waals surface area contributed by atoms with Gasteiger partial charge >= 0.3 is 5.97 Å². The summed E-state index contributed by atoms with van der Waals surface area (Å²) >= 11 is 0. The maximum atomic E-state index is 11.9. The van der Waals surface area contributed by atoms with Gasteiger partial charge in [0.05, 0.1) is 12.6 Å². The zero-order valence-corrected chi connectivity index (χ0v) is 9.93. The lowest BCUT2D eigenvalue weighted by molar-refractivity contribution is -0.137. The van der Waals surface area contributed by atoms with Gasteiger partial charge < -0.3 is 14.7 Å². The van der Waals surface area contributed by atoms with Gasteiger partial charge in [-0.2, -0.15) is 0 Å². The quantitative estimate of drug-likeness (QED) is 0.793. The SMILES string of the molecule is O=C(O)CCC1CC(=O)N(C2CCCOC2)C1. The Hall–Kier alpha value is -1.10. The average Bonchev–Trinajstić information content (AvgIpc) is 2.69. The predicted octanol–water partition coefficient (Wildman–Crippen LogP) is 0.879. The van der Waals surface area contributed by atoms with E-state index in [2.05, 4.69) is 0 Å². The van der Waals surface area contributed by atoms with E-state index in [0.717, 1.165) is 19.4 Å². The lowest BCUT2D eigenvalue weighted by atomic mass is 10.0. The third-order valence-corrected chi connectivity index (χ3v) is 3.58. The Labute approximate surface area is 101 Å². The molecule has 1 N–H and O–H groups in total. The van der Waals surface area contributed by atoms with E-state index >= 15 is 0 Å². The van der Waals surface area contributed by atoms with Crippen molar-refractivity contribution in [2.45, 2.75) is 38.1 Å². The number of likely N-dealkylation sites (tertiary alicyclic amines) is 1. The van der Waals surface area contributed by atoms with Gasteiger partial charge in [0, 0.05) is 26.0 Å². The Morgan fingerprint density at radius 3 is 3.00 bits per heavy atom. The molecule has 2 aliphatic rings. The summed E-state index contributed by atoms with van der Waals surface area (Å²) < 4.78 is 5.39. The van der Waals surface area contributed by atoms with Crippen LogP contribution in [0.4, 0.5) is 0 Å². The summed E-state index contributed by atoms with van der Waals surface area (Å²) in [4.78, 5) is 24.2. The zero-order valence-electron chi connectivity index (χ0n) is 9.93. The van der Waals surface area contributed by atoms with Gasteiger partial charge in [-0.05, 0) is 25.2 Å². The molecule has 0 radical (unpaired) electrons. The number of nitrogens with zero attached hydrogens (tertiary/aromatic N) is 1. The maximum absolute atomic E-state index is 11.9. The van der Waals surface area contributed by atoms with E-state index in [4.69, 9.17) is 9.84 Å². The molecular weight excluding hydrogens is 222 g/mol. The van der Waals surface area contributed by atoms with Crippen LogP contribution in [-0.2, 0) is 14.3 Å². The molecule has 2 saturated heterocycles. The first-order valence-electron chi connectivity index (χ1n) is 6.26. The summed E-state index contributed by atoms with van der Waals surface area (Å²) in [5.74, 6) is -0.409. The van der Waals surface area contributed by atoms with Gasteiger partial charge in [0.15, 0.2) is 0 Å². The fourth-order valence-electron chi connectivity index (χ4n) is 2.65. The first-order chi connectivity index (χ1) is 8.16. The molecular formula is C12H19NO4. The van der Waals surface area contributed by atoms with Crippen LogP contribution in [0.1, 0.15) is 32.1 Å². The van der Waals surface area contributed by atoms with E-state index in [9.17, 15) is 9.59 Å². The summed E-state index contributed by atoms with van der Waals surface area (Å²) in [7, 11) is 0. The molecule has 5 heteroatoms. The van der Waals surface area contributed by atoms with E-state index < -0.39 is 5.97 Å². The Morgan fingerprint density at radius 1 is 1.53 bits per heavy atom. The molecule has 2 aliphatic heterocycles. The second kappa shape index (κ2) is 5.49. The van der Waals surface area contributed by atoms with E-state index in [1.165, 1.54) is 0 Å². The number of carboxylic acid groups (broad SMARTS) is 1. The van der Waals surface area contributed by atoms with Crippen molar-refractivity contribution < 1.29 is 19.4 Å². The van der Waals surface area contributed by atoms with Crippen LogP contribution in [0.3, 0.4) is 0 Å². The van der Waals surface area contributed by atoms with Crippen molar-refractivity contribution in [2.24, 2.45) is 5.92 Å². The standard InChI is InChI=1S/C12H19NO4/c14-11-6-9(3-4-12(15)16)7-13(11)10-2-1-5-17-8-10/h9-10H,1-8H2,(H,15,16). The van der Waals surface area contributed by atoms with Gasteiger partial charge in [0.1, 0.15) is 0 Å². The lowest BCUT2D eigenvalue weighted by Gasteiger charge is -2.31. The number of carbonyl (C=O) groups excluding carboxylic acids is 1. The molecule has 0 bridgehead atoms. The van der Waals surface area contributed by atoms with Crippen molar-refractivity contribution in [3.8, 4) is 0 Å². The lowest BCUT2D eigenvalue weighted by Crippen LogP contribution is -2.42. The minimum absolute atomic E-state index is 0.160. The van der Waals surface area contributed by atoms with Gasteiger partial charge in [0.25, 0.3) is 0 Å². The monoisotopic (exact) mass is 241 g/mol. The topological polar surface area (TPSA) is 66.8 Å². The van der Waals surface area contributed by atoms with Crippen LogP contribution in [0.25, 0.3) is 0 Å². The number of rotatable bonds is 4. The van der Waals surface area contributed by atoms with Crippen molar-refractivity contribution >= 4 is 11.9 Å². The molecule has 2 unspecified atom stereocenters. The molecule has 96 valence electrons. The Morgan fingerprint density at radius 2 is 2.35 bits per heavy atom. The number of aliphatic carboxylic acids is 1. The smallest absolute Gasteiger partial charge is 0.303 e. The highest BCUT2D eigenvalue weighted by Gasteiger charge is 2.34. The third kappa shape index (κ3) is 3.19. The Bertz CT molecular complexity index is 299. The number of hydrogen-bond acceptors (Lipinski definition) is 3. The largest absolute Gasteiger partial charge is 0.481 e. The van der Waals surface area contributed by atoms with Crippen molar-refractivity contribution in [3.05, 3.63) is 0 Å².